The second-order valence-corrected chi connectivity index (χ2v) is 1.19. The molecule has 0 aromatic carbocycles. The van der Waals surface area contributed by atoms with Gasteiger partial charge in [-0.3, -0.25) is 0 Å². The lowest BCUT2D eigenvalue weighted by Crippen LogP contribution is -2.30. The SMILES string of the molecule is [C]1=CCCNN1. The third-order valence-corrected chi connectivity index (χ3v) is 0.676. The number of rotatable bonds is 0. The zero-order valence-corrected chi connectivity index (χ0v) is 3.49. The fraction of sp³-hybridized carbons (Fsp3) is 0.500. The van der Waals surface area contributed by atoms with E-state index < -0.39 is 0 Å². The summed E-state index contributed by atoms with van der Waals surface area (Å²) in [7, 11) is 0. The molecule has 6 heavy (non-hydrogen) atoms. The maximum Gasteiger partial charge on any atom is 0.0690 e. The van der Waals surface area contributed by atoms with Crippen molar-refractivity contribution in [1.29, 1.82) is 0 Å². The van der Waals surface area contributed by atoms with Gasteiger partial charge < -0.3 is 5.43 Å². The summed E-state index contributed by atoms with van der Waals surface area (Å²) in [6.07, 6.45) is 5.86. The van der Waals surface area contributed by atoms with E-state index in [2.05, 4.69) is 17.1 Å². The molecule has 0 aliphatic carbocycles. The first-order valence-corrected chi connectivity index (χ1v) is 2.05. The van der Waals surface area contributed by atoms with Crippen LogP contribution in [0.3, 0.4) is 0 Å². The summed E-state index contributed by atoms with van der Waals surface area (Å²) in [6, 6.07) is 0. The Morgan fingerprint density at radius 2 is 2.67 bits per heavy atom. The lowest BCUT2D eigenvalue weighted by atomic mass is 10.4. The van der Waals surface area contributed by atoms with Crippen LogP contribution in [-0.4, -0.2) is 6.54 Å². The van der Waals surface area contributed by atoms with Gasteiger partial charge in [-0.05, 0) is 6.42 Å². The zero-order chi connectivity index (χ0) is 4.24. The van der Waals surface area contributed by atoms with Crippen LogP contribution < -0.4 is 10.9 Å². The number of hydrazine groups is 1. The Bertz CT molecular complexity index is 50.6. The molecule has 2 N–H and O–H groups in total. The van der Waals surface area contributed by atoms with E-state index in [0.29, 0.717) is 0 Å². The molecule has 1 aliphatic heterocycles. The van der Waals surface area contributed by atoms with Gasteiger partial charge in [0.05, 0.1) is 6.20 Å². The van der Waals surface area contributed by atoms with Crippen molar-refractivity contribution < 1.29 is 0 Å². The molecule has 0 saturated carbocycles. The molecule has 0 saturated heterocycles. The van der Waals surface area contributed by atoms with Crippen molar-refractivity contribution in [3.05, 3.63) is 12.3 Å². The first kappa shape index (κ1) is 3.68. The van der Waals surface area contributed by atoms with Crippen LogP contribution in [0.2, 0.25) is 0 Å². The Hall–Kier alpha value is -0.500. The summed E-state index contributed by atoms with van der Waals surface area (Å²) in [6.45, 7) is 1.02. The lowest BCUT2D eigenvalue weighted by molar-refractivity contribution is 0.590. The Balaban J connectivity index is 2.26. The molecule has 0 atom stereocenters. The van der Waals surface area contributed by atoms with E-state index in [1.165, 1.54) is 0 Å². The third kappa shape index (κ3) is 0.723. The van der Waals surface area contributed by atoms with Gasteiger partial charge in [0.1, 0.15) is 0 Å². The quantitative estimate of drug-likeness (QED) is 0.424. The van der Waals surface area contributed by atoms with E-state index in [9.17, 15) is 0 Å². The van der Waals surface area contributed by atoms with Gasteiger partial charge in [-0.15, -0.1) is 0 Å². The number of hydrogen-bond acceptors (Lipinski definition) is 2. The molecule has 0 unspecified atom stereocenters. The standard InChI is InChI=1S/C4H7N2/c1-2-4-6-5-3-1/h1,5-6H,2,4H2. The van der Waals surface area contributed by atoms with E-state index in [-0.39, 0.29) is 0 Å². The van der Waals surface area contributed by atoms with Gasteiger partial charge in [0, 0.05) is 6.54 Å². The van der Waals surface area contributed by atoms with Gasteiger partial charge in [0.2, 0.25) is 0 Å². The van der Waals surface area contributed by atoms with Crippen LogP contribution in [0.5, 0.6) is 0 Å². The van der Waals surface area contributed by atoms with Crippen LogP contribution in [0.1, 0.15) is 6.42 Å². The fourth-order valence-corrected chi connectivity index (χ4v) is 0.381. The molecule has 1 radical (unpaired) electrons. The minimum absolute atomic E-state index is 1.02. The van der Waals surface area contributed by atoms with Crippen molar-refractivity contribution in [3.63, 3.8) is 0 Å². The Morgan fingerprint density at radius 3 is 2.83 bits per heavy atom. The Kier molecular flexibility index (Phi) is 1.12. The molecule has 2 nitrogen and oxygen atoms in total. The maximum atomic E-state index is 2.89. The van der Waals surface area contributed by atoms with E-state index >= 15 is 0 Å². The molecule has 0 aromatic heterocycles. The molecule has 1 aliphatic rings. The third-order valence-electron chi connectivity index (χ3n) is 0.676. The normalized spacial score (nSPS) is 20.0. The highest BCUT2D eigenvalue weighted by Gasteiger charge is 1.83. The van der Waals surface area contributed by atoms with Crippen LogP contribution in [0.25, 0.3) is 0 Å². The average Bonchev–Trinajstić information content (AvgIpc) is 1.72. The highest BCUT2D eigenvalue weighted by molar-refractivity contribution is 4.75. The largest absolute Gasteiger partial charge is 0.320 e. The van der Waals surface area contributed by atoms with Gasteiger partial charge in [0.25, 0.3) is 0 Å². The van der Waals surface area contributed by atoms with Crippen LogP contribution >= 0.6 is 0 Å². The molecule has 0 bridgehead atoms. The van der Waals surface area contributed by atoms with Gasteiger partial charge in [-0.2, -0.15) is 0 Å². The van der Waals surface area contributed by atoms with Gasteiger partial charge in [-0.25, -0.2) is 5.43 Å². The summed E-state index contributed by atoms with van der Waals surface area (Å²) >= 11 is 0. The topological polar surface area (TPSA) is 24.1 Å². The van der Waals surface area contributed by atoms with Crippen LogP contribution in [-0.2, 0) is 0 Å². The molecule has 0 spiro atoms. The zero-order valence-electron chi connectivity index (χ0n) is 3.49. The molecule has 0 fully saturated rings. The molecule has 2 heteroatoms. The second kappa shape index (κ2) is 1.82. The number of hydrogen-bond donors (Lipinski definition) is 2. The van der Waals surface area contributed by atoms with Crippen LogP contribution in [0, 0.1) is 6.20 Å². The summed E-state index contributed by atoms with van der Waals surface area (Å²) in [5.41, 5.74) is 5.62. The van der Waals surface area contributed by atoms with Crippen molar-refractivity contribution in [2.75, 3.05) is 6.54 Å². The highest BCUT2D eigenvalue weighted by Crippen LogP contribution is 1.78. The molecule has 0 aromatic rings. The Morgan fingerprint density at radius 1 is 1.67 bits per heavy atom. The lowest BCUT2D eigenvalue weighted by Gasteiger charge is -2.03. The van der Waals surface area contributed by atoms with E-state index in [1.807, 2.05) is 6.08 Å². The van der Waals surface area contributed by atoms with Crippen molar-refractivity contribution in [3.8, 4) is 0 Å². The first-order chi connectivity index (χ1) is 3.00. The molecule has 1 heterocycles. The van der Waals surface area contributed by atoms with Gasteiger partial charge >= 0.3 is 0 Å². The molecule has 33 valence electrons. The van der Waals surface area contributed by atoms with Crippen molar-refractivity contribution in [2.45, 2.75) is 6.42 Å². The summed E-state index contributed by atoms with van der Waals surface area (Å²) in [4.78, 5) is 0. The number of nitrogens with one attached hydrogen (secondary N) is 2. The minimum atomic E-state index is 1.02. The smallest absolute Gasteiger partial charge is 0.0690 e. The van der Waals surface area contributed by atoms with E-state index in [1.54, 1.807) is 0 Å². The highest BCUT2D eigenvalue weighted by atomic mass is 15.3. The monoisotopic (exact) mass is 83.1 g/mol. The molecular formula is C4H7N2. The van der Waals surface area contributed by atoms with Gasteiger partial charge in [-0.1, -0.05) is 6.08 Å². The first-order valence-electron chi connectivity index (χ1n) is 2.05. The van der Waals surface area contributed by atoms with Crippen molar-refractivity contribution in [1.82, 2.24) is 10.9 Å². The summed E-state index contributed by atoms with van der Waals surface area (Å²) in [5, 5.41) is 0. The molecule has 1 rings (SSSR count). The molecular weight excluding hydrogens is 76.1 g/mol. The predicted molar refractivity (Wildman–Crippen MR) is 23.6 cm³/mol. The van der Waals surface area contributed by atoms with Gasteiger partial charge in [0.15, 0.2) is 0 Å². The van der Waals surface area contributed by atoms with Crippen molar-refractivity contribution in [2.24, 2.45) is 0 Å². The predicted octanol–water partition coefficient (Wildman–Crippen LogP) is -0.199. The fourth-order valence-electron chi connectivity index (χ4n) is 0.381. The maximum absolute atomic E-state index is 2.89. The summed E-state index contributed by atoms with van der Waals surface area (Å²) < 4.78 is 0. The average molecular weight is 83.1 g/mol. The Labute approximate surface area is 37.2 Å². The van der Waals surface area contributed by atoms with Crippen molar-refractivity contribution >= 4 is 0 Å². The minimum Gasteiger partial charge on any atom is -0.320 e. The van der Waals surface area contributed by atoms with Crippen LogP contribution in [0.4, 0.5) is 0 Å². The van der Waals surface area contributed by atoms with E-state index in [4.69, 9.17) is 0 Å². The second-order valence-electron chi connectivity index (χ2n) is 1.19. The summed E-state index contributed by atoms with van der Waals surface area (Å²) in [5.74, 6) is 0. The van der Waals surface area contributed by atoms with Crippen LogP contribution in [0.15, 0.2) is 6.08 Å². The van der Waals surface area contributed by atoms with E-state index in [0.717, 1.165) is 13.0 Å². The molecule has 0 amide bonds.